The molecule has 0 aliphatic carbocycles. The lowest BCUT2D eigenvalue weighted by Crippen LogP contribution is -1.95. The van der Waals surface area contributed by atoms with E-state index in [2.05, 4.69) is 15.9 Å². The average molecular weight is 288 g/mol. The Morgan fingerprint density at radius 2 is 2.08 bits per heavy atom. The van der Waals surface area contributed by atoms with E-state index in [1.54, 1.807) is 0 Å². The number of halogens is 3. The fourth-order valence-electron chi connectivity index (χ4n) is 0.825. The largest absolute Gasteiger partial charge is 0.264 e. The van der Waals surface area contributed by atoms with Crippen molar-refractivity contribution in [3.05, 3.63) is 29.6 Å². The summed E-state index contributed by atoms with van der Waals surface area (Å²) in [5.74, 6) is -0.827. The summed E-state index contributed by atoms with van der Waals surface area (Å²) in [7, 11) is 1.00. The van der Waals surface area contributed by atoms with Crippen molar-refractivity contribution >= 4 is 35.7 Å². The maximum Gasteiger partial charge on any atom is 0.264 e. The summed E-state index contributed by atoms with van der Waals surface area (Å²) in [6, 6.07) is 3.77. The van der Waals surface area contributed by atoms with Gasteiger partial charge in [0.05, 0.1) is 0 Å². The quantitative estimate of drug-likeness (QED) is 0.619. The van der Waals surface area contributed by atoms with Crippen LogP contribution in [0.5, 0.6) is 0 Å². The van der Waals surface area contributed by atoms with Gasteiger partial charge in [-0.05, 0) is 17.7 Å². The van der Waals surface area contributed by atoms with Crippen molar-refractivity contribution in [1.82, 2.24) is 0 Å². The third kappa shape index (κ3) is 2.65. The standard InChI is InChI=1S/C7H5BrClFO2S/c8-4-5-1-2-7(6(10)3-5)13(9,11)12/h1-3H,4H2. The first-order valence-corrected chi connectivity index (χ1v) is 6.67. The maximum absolute atomic E-state index is 13.0. The summed E-state index contributed by atoms with van der Waals surface area (Å²) in [5.41, 5.74) is 0.654. The second kappa shape index (κ2) is 3.94. The lowest BCUT2D eigenvalue weighted by Gasteiger charge is -2.00. The topological polar surface area (TPSA) is 34.1 Å². The van der Waals surface area contributed by atoms with E-state index < -0.39 is 19.8 Å². The van der Waals surface area contributed by atoms with Gasteiger partial charge in [0, 0.05) is 16.0 Å². The summed E-state index contributed by atoms with van der Waals surface area (Å²) in [6.45, 7) is 0. The Bertz CT molecular complexity index is 419. The van der Waals surface area contributed by atoms with Crippen molar-refractivity contribution in [2.75, 3.05) is 0 Å². The van der Waals surface area contributed by atoms with Gasteiger partial charge in [-0.3, -0.25) is 0 Å². The van der Waals surface area contributed by atoms with Crippen LogP contribution in [0.2, 0.25) is 0 Å². The van der Waals surface area contributed by atoms with E-state index in [4.69, 9.17) is 10.7 Å². The van der Waals surface area contributed by atoms with E-state index in [0.29, 0.717) is 10.9 Å². The highest BCUT2D eigenvalue weighted by atomic mass is 79.9. The number of hydrogen-bond acceptors (Lipinski definition) is 2. The summed E-state index contributed by atoms with van der Waals surface area (Å²) in [6.07, 6.45) is 0. The van der Waals surface area contributed by atoms with Crippen molar-refractivity contribution in [2.45, 2.75) is 10.2 Å². The Kier molecular flexibility index (Phi) is 3.32. The number of hydrogen-bond donors (Lipinski definition) is 0. The van der Waals surface area contributed by atoms with Crippen molar-refractivity contribution in [3.63, 3.8) is 0 Å². The van der Waals surface area contributed by atoms with Gasteiger partial charge in [0.1, 0.15) is 10.7 Å². The number of rotatable bonds is 2. The molecule has 0 bridgehead atoms. The molecule has 0 fully saturated rings. The molecule has 6 heteroatoms. The molecule has 0 aliphatic rings. The van der Waals surface area contributed by atoms with Crippen LogP contribution in [0.4, 0.5) is 4.39 Å². The van der Waals surface area contributed by atoms with Crippen LogP contribution in [-0.4, -0.2) is 8.42 Å². The molecule has 0 spiro atoms. The Hall–Kier alpha value is -0.130. The molecule has 0 saturated carbocycles. The van der Waals surface area contributed by atoms with Crippen LogP contribution in [0.3, 0.4) is 0 Å². The van der Waals surface area contributed by atoms with Gasteiger partial charge in [-0.15, -0.1) is 0 Å². The first-order chi connectivity index (χ1) is 5.95. The minimum absolute atomic E-state index is 0.465. The lowest BCUT2D eigenvalue weighted by molar-refractivity contribution is 0.575. The van der Waals surface area contributed by atoms with Gasteiger partial charge >= 0.3 is 0 Å². The van der Waals surface area contributed by atoms with E-state index in [9.17, 15) is 12.8 Å². The summed E-state index contributed by atoms with van der Waals surface area (Å²) >= 11 is 3.12. The third-order valence-corrected chi connectivity index (χ3v) is 3.42. The first kappa shape index (κ1) is 10.9. The second-order valence-corrected chi connectivity index (χ2v) is 5.43. The van der Waals surface area contributed by atoms with E-state index >= 15 is 0 Å². The summed E-state index contributed by atoms with van der Waals surface area (Å²) < 4.78 is 34.6. The first-order valence-electron chi connectivity index (χ1n) is 3.24. The molecule has 0 amide bonds. The fraction of sp³-hybridized carbons (Fsp3) is 0.143. The molecule has 0 aliphatic heterocycles. The van der Waals surface area contributed by atoms with Gasteiger partial charge < -0.3 is 0 Å². The highest BCUT2D eigenvalue weighted by molar-refractivity contribution is 9.08. The zero-order chi connectivity index (χ0) is 10.1. The maximum atomic E-state index is 13.0. The number of alkyl halides is 1. The van der Waals surface area contributed by atoms with Crippen molar-refractivity contribution in [1.29, 1.82) is 0 Å². The predicted octanol–water partition coefficient (Wildman–Crippen LogP) is 2.65. The second-order valence-electron chi connectivity index (χ2n) is 2.34. The van der Waals surface area contributed by atoms with Crippen LogP contribution < -0.4 is 0 Å². The molecule has 72 valence electrons. The molecule has 0 unspecified atom stereocenters. The Labute approximate surface area is 88.3 Å². The Morgan fingerprint density at radius 1 is 1.46 bits per heavy atom. The van der Waals surface area contributed by atoms with E-state index in [0.717, 1.165) is 12.1 Å². The van der Waals surface area contributed by atoms with Gasteiger partial charge in [-0.25, -0.2) is 12.8 Å². The van der Waals surface area contributed by atoms with Gasteiger partial charge in [-0.2, -0.15) is 0 Å². The summed E-state index contributed by atoms with van der Waals surface area (Å²) in [5, 5.41) is 0.465. The smallest absolute Gasteiger partial charge is 0.207 e. The number of benzene rings is 1. The molecular formula is C7H5BrClFO2S. The van der Waals surface area contributed by atoms with E-state index in [-0.39, 0.29) is 0 Å². The molecule has 0 heterocycles. The van der Waals surface area contributed by atoms with Crippen molar-refractivity contribution < 1.29 is 12.8 Å². The van der Waals surface area contributed by atoms with Crippen LogP contribution in [0.25, 0.3) is 0 Å². The average Bonchev–Trinajstić information content (AvgIpc) is 2.01. The minimum atomic E-state index is -3.98. The van der Waals surface area contributed by atoms with Crippen LogP contribution in [0, 0.1) is 5.82 Å². The highest BCUT2D eigenvalue weighted by Gasteiger charge is 2.15. The Morgan fingerprint density at radius 3 is 2.46 bits per heavy atom. The molecule has 0 radical (unpaired) electrons. The molecule has 1 aromatic carbocycles. The van der Waals surface area contributed by atoms with Crippen LogP contribution in [-0.2, 0) is 14.4 Å². The molecular weight excluding hydrogens is 282 g/mol. The summed E-state index contributed by atoms with van der Waals surface area (Å²) in [4.78, 5) is -0.487. The zero-order valence-electron chi connectivity index (χ0n) is 6.30. The Balaban J connectivity index is 3.29. The molecule has 0 N–H and O–H groups in total. The van der Waals surface area contributed by atoms with E-state index in [1.807, 2.05) is 0 Å². The molecule has 13 heavy (non-hydrogen) atoms. The molecule has 0 saturated heterocycles. The van der Waals surface area contributed by atoms with Crippen LogP contribution in [0.1, 0.15) is 5.56 Å². The zero-order valence-corrected chi connectivity index (χ0v) is 9.46. The monoisotopic (exact) mass is 286 g/mol. The van der Waals surface area contributed by atoms with Crippen LogP contribution >= 0.6 is 26.6 Å². The minimum Gasteiger partial charge on any atom is -0.207 e. The van der Waals surface area contributed by atoms with Gasteiger partial charge in [0.2, 0.25) is 0 Å². The molecule has 0 aromatic heterocycles. The van der Waals surface area contributed by atoms with Crippen molar-refractivity contribution in [2.24, 2.45) is 0 Å². The normalized spacial score (nSPS) is 11.6. The predicted molar refractivity (Wildman–Crippen MR) is 52.1 cm³/mol. The lowest BCUT2D eigenvalue weighted by atomic mass is 10.2. The molecule has 1 aromatic rings. The fourth-order valence-corrected chi connectivity index (χ4v) is 2.07. The molecule has 1 rings (SSSR count). The van der Waals surface area contributed by atoms with Gasteiger partial charge in [-0.1, -0.05) is 22.0 Å². The highest BCUT2D eigenvalue weighted by Crippen LogP contribution is 2.20. The van der Waals surface area contributed by atoms with E-state index in [1.165, 1.54) is 6.07 Å². The SMILES string of the molecule is O=S(=O)(Cl)c1ccc(CBr)cc1F. The van der Waals surface area contributed by atoms with Crippen molar-refractivity contribution in [3.8, 4) is 0 Å². The van der Waals surface area contributed by atoms with Crippen LogP contribution in [0.15, 0.2) is 23.1 Å². The van der Waals surface area contributed by atoms with Gasteiger partial charge in [0.15, 0.2) is 0 Å². The third-order valence-electron chi connectivity index (χ3n) is 1.41. The molecule has 0 atom stereocenters. The van der Waals surface area contributed by atoms with Gasteiger partial charge in [0.25, 0.3) is 9.05 Å². The molecule has 2 nitrogen and oxygen atoms in total.